The summed E-state index contributed by atoms with van der Waals surface area (Å²) in [5, 5.41) is 3.44. The summed E-state index contributed by atoms with van der Waals surface area (Å²) in [6.07, 6.45) is 0. The largest absolute Gasteiger partial charge is 0.381 e. The zero-order chi connectivity index (χ0) is 12.4. The van der Waals surface area contributed by atoms with Crippen LogP contribution in [0, 0.1) is 11.6 Å². The van der Waals surface area contributed by atoms with Gasteiger partial charge in [-0.2, -0.15) is 0 Å². The van der Waals surface area contributed by atoms with Crippen LogP contribution < -0.4 is 5.73 Å². The van der Waals surface area contributed by atoms with E-state index in [0.29, 0.717) is 0 Å². The Morgan fingerprint density at radius 2 is 1.94 bits per heavy atom. The van der Waals surface area contributed by atoms with E-state index in [0.717, 1.165) is 12.1 Å². The average molecular weight is 240 g/mol. The molecule has 0 bridgehead atoms. The summed E-state index contributed by atoms with van der Waals surface area (Å²) in [5.41, 5.74) is 5.48. The van der Waals surface area contributed by atoms with Gasteiger partial charge in [-0.15, -0.1) is 0 Å². The molecule has 1 aromatic carbocycles. The monoisotopic (exact) mass is 240 g/mol. The van der Waals surface area contributed by atoms with Gasteiger partial charge in [-0.3, -0.25) is 0 Å². The predicted molar refractivity (Wildman–Crippen MR) is 57.0 cm³/mol. The Kier molecular flexibility index (Phi) is 3.06. The van der Waals surface area contributed by atoms with Gasteiger partial charge in [-0.1, -0.05) is 5.16 Å². The third kappa shape index (κ3) is 2.26. The molecule has 0 fully saturated rings. The molecule has 17 heavy (non-hydrogen) atoms. The van der Waals surface area contributed by atoms with Crippen molar-refractivity contribution in [2.24, 2.45) is 0 Å². The minimum absolute atomic E-state index is 0.122. The van der Waals surface area contributed by atoms with Gasteiger partial charge in [0.1, 0.15) is 11.6 Å². The summed E-state index contributed by atoms with van der Waals surface area (Å²) in [6.45, 7) is -0.128. The summed E-state index contributed by atoms with van der Waals surface area (Å²) >= 11 is 0. The molecule has 0 aliphatic carbocycles. The Balaban J connectivity index is 2.45. The number of rotatable bonds is 3. The second-order valence-corrected chi connectivity index (χ2v) is 3.47. The molecule has 1 aromatic heterocycles. The number of methoxy groups -OCH3 is 1. The van der Waals surface area contributed by atoms with E-state index < -0.39 is 11.6 Å². The van der Waals surface area contributed by atoms with Crippen LogP contribution in [0.5, 0.6) is 0 Å². The number of nitrogens with two attached hydrogens (primary N) is 1. The molecule has 0 saturated heterocycles. The first kappa shape index (κ1) is 11.5. The van der Waals surface area contributed by atoms with E-state index in [-0.39, 0.29) is 29.3 Å². The highest BCUT2D eigenvalue weighted by molar-refractivity contribution is 5.60. The zero-order valence-electron chi connectivity index (χ0n) is 9.04. The number of halogens is 2. The van der Waals surface area contributed by atoms with Crippen LogP contribution in [0.3, 0.4) is 0 Å². The fourth-order valence-electron chi connectivity index (χ4n) is 1.45. The zero-order valence-corrected chi connectivity index (χ0v) is 9.04. The van der Waals surface area contributed by atoms with E-state index in [4.69, 9.17) is 15.0 Å². The number of hydrogen-bond donors (Lipinski definition) is 1. The van der Waals surface area contributed by atoms with Gasteiger partial charge in [0, 0.05) is 24.3 Å². The summed E-state index contributed by atoms with van der Waals surface area (Å²) in [5.74, 6) is -1.03. The summed E-state index contributed by atoms with van der Waals surface area (Å²) in [7, 11) is 1.37. The lowest BCUT2D eigenvalue weighted by molar-refractivity contribution is 0.177. The Labute approximate surface area is 96.0 Å². The molecule has 0 aliphatic rings. The van der Waals surface area contributed by atoms with Crippen LogP contribution in [0.2, 0.25) is 0 Å². The van der Waals surface area contributed by atoms with Crippen LogP contribution in [-0.2, 0) is 11.3 Å². The minimum atomic E-state index is -0.697. The number of nitrogens with zero attached hydrogens (tertiary/aromatic N) is 1. The molecule has 0 atom stereocenters. The molecule has 0 radical (unpaired) electrons. The molecule has 90 valence electrons. The van der Waals surface area contributed by atoms with E-state index >= 15 is 0 Å². The van der Waals surface area contributed by atoms with Crippen molar-refractivity contribution in [2.75, 3.05) is 12.8 Å². The third-order valence-electron chi connectivity index (χ3n) is 2.24. The van der Waals surface area contributed by atoms with Gasteiger partial charge in [0.15, 0.2) is 11.6 Å². The number of anilines is 1. The fraction of sp³-hybridized carbons (Fsp3) is 0.182. The lowest BCUT2D eigenvalue weighted by Gasteiger charge is -2.05. The molecule has 2 N–H and O–H groups in total. The Morgan fingerprint density at radius 1 is 1.29 bits per heavy atom. The standard InChI is InChI=1S/C11H10F2N2O2/c1-16-5-7-8(12)2-6(3-9(7)13)10-4-11(14)15-17-10/h2-4H,5H2,1H3,(H2,14,15). The van der Waals surface area contributed by atoms with Gasteiger partial charge in [0.25, 0.3) is 0 Å². The highest BCUT2D eigenvalue weighted by Crippen LogP contribution is 2.25. The van der Waals surface area contributed by atoms with E-state index in [2.05, 4.69) is 5.16 Å². The smallest absolute Gasteiger partial charge is 0.169 e. The maximum absolute atomic E-state index is 13.6. The molecule has 2 aromatic rings. The van der Waals surface area contributed by atoms with Gasteiger partial charge < -0.3 is 15.0 Å². The van der Waals surface area contributed by atoms with Crippen LogP contribution in [0.1, 0.15) is 5.56 Å². The summed E-state index contributed by atoms with van der Waals surface area (Å²) in [4.78, 5) is 0. The van der Waals surface area contributed by atoms with Crippen molar-refractivity contribution in [1.29, 1.82) is 0 Å². The minimum Gasteiger partial charge on any atom is -0.381 e. The molecule has 0 spiro atoms. The lowest BCUT2D eigenvalue weighted by atomic mass is 10.1. The van der Waals surface area contributed by atoms with Gasteiger partial charge in [-0.25, -0.2) is 8.78 Å². The van der Waals surface area contributed by atoms with Crippen molar-refractivity contribution in [3.05, 3.63) is 35.4 Å². The lowest BCUT2D eigenvalue weighted by Crippen LogP contribution is -1.98. The molecule has 0 unspecified atom stereocenters. The van der Waals surface area contributed by atoms with Crippen LogP contribution >= 0.6 is 0 Å². The van der Waals surface area contributed by atoms with Gasteiger partial charge in [0.2, 0.25) is 0 Å². The molecule has 0 saturated carbocycles. The predicted octanol–water partition coefficient (Wildman–Crippen LogP) is 2.35. The number of aromatic nitrogens is 1. The van der Waals surface area contributed by atoms with Gasteiger partial charge in [-0.05, 0) is 12.1 Å². The molecular weight excluding hydrogens is 230 g/mol. The molecule has 6 heteroatoms. The quantitative estimate of drug-likeness (QED) is 0.894. The van der Waals surface area contributed by atoms with E-state index in [9.17, 15) is 8.78 Å². The summed E-state index contributed by atoms with van der Waals surface area (Å²) < 4.78 is 36.7. The highest BCUT2D eigenvalue weighted by atomic mass is 19.1. The van der Waals surface area contributed by atoms with Crippen LogP contribution in [0.15, 0.2) is 22.7 Å². The molecule has 0 amide bonds. The molecule has 0 aliphatic heterocycles. The Bertz CT molecular complexity index is 517. The second kappa shape index (κ2) is 4.50. The summed E-state index contributed by atoms with van der Waals surface area (Å²) in [6, 6.07) is 3.69. The van der Waals surface area contributed by atoms with Crippen LogP contribution in [-0.4, -0.2) is 12.3 Å². The third-order valence-corrected chi connectivity index (χ3v) is 2.24. The molecular formula is C11H10F2N2O2. The van der Waals surface area contributed by atoms with Gasteiger partial charge in [0.05, 0.1) is 6.61 Å². The first-order chi connectivity index (χ1) is 8.11. The van der Waals surface area contributed by atoms with Crippen molar-refractivity contribution >= 4 is 5.82 Å². The fourth-order valence-corrected chi connectivity index (χ4v) is 1.45. The van der Waals surface area contributed by atoms with Gasteiger partial charge >= 0.3 is 0 Å². The highest BCUT2D eigenvalue weighted by Gasteiger charge is 2.14. The van der Waals surface area contributed by atoms with E-state index in [1.807, 2.05) is 0 Å². The van der Waals surface area contributed by atoms with Crippen molar-refractivity contribution < 1.29 is 18.0 Å². The van der Waals surface area contributed by atoms with Crippen molar-refractivity contribution in [2.45, 2.75) is 6.61 Å². The van der Waals surface area contributed by atoms with Crippen molar-refractivity contribution in [1.82, 2.24) is 5.16 Å². The normalized spacial score (nSPS) is 10.8. The Morgan fingerprint density at radius 3 is 2.41 bits per heavy atom. The van der Waals surface area contributed by atoms with Crippen LogP contribution in [0.25, 0.3) is 11.3 Å². The molecule has 2 rings (SSSR count). The molecule has 4 nitrogen and oxygen atoms in total. The average Bonchev–Trinajstić information content (AvgIpc) is 2.70. The maximum atomic E-state index is 13.6. The first-order valence-corrected chi connectivity index (χ1v) is 4.81. The molecule has 1 heterocycles. The van der Waals surface area contributed by atoms with E-state index in [1.165, 1.54) is 13.2 Å². The van der Waals surface area contributed by atoms with Crippen molar-refractivity contribution in [3.63, 3.8) is 0 Å². The Hall–Kier alpha value is -1.95. The maximum Gasteiger partial charge on any atom is 0.169 e. The topological polar surface area (TPSA) is 61.3 Å². The number of nitrogen functional groups attached to an aromatic ring is 1. The number of hydrogen-bond acceptors (Lipinski definition) is 4. The van der Waals surface area contributed by atoms with Crippen molar-refractivity contribution in [3.8, 4) is 11.3 Å². The number of ether oxygens (including phenoxy) is 1. The van der Waals surface area contributed by atoms with E-state index in [1.54, 1.807) is 0 Å². The van der Waals surface area contributed by atoms with Crippen LogP contribution in [0.4, 0.5) is 14.6 Å². The SMILES string of the molecule is COCc1c(F)cc(-c2cc(N)no2)cc1F. The first-order valence-electron chi connectivity index (χ1n) is 4.81. The second-order valence-electron chi connectivity index (χ2n) is 3.47. The number of benzene rings is 1.